The second-order valence-corrected chi connectivity index (χ2v) is 7.31. The van der Waals surface area contributed by atoms with Crippen LogP contribution in [0.15, 0.2) is 4.99 Å². The Kier molecular flexibility index (Phi) is 15.8. The van der Waals surface area contributed by atoms with Gasteiger partial charge in [-0.2, -0.15) is 12.6 Å². The van der Waals surface area contributed by atoms with Crippen LogP contribution in [-0.2, 0) is 33.4 Å². The minimum absolute atomic E-state index is 0.0564. The number of guanidine groups is 1. The molecule has 194 valence electrons. The monoisotopic (exact) mass is 507 g/mol. The van der Waals surface area contributed by atoms with Gasteiger partial charge in [0.2, 0.25) is 11.8 Å². The molecule has 11 N–H and O–H groups in total. The van der Waals surface area contributed by atoms with E-state index >= 15 is 0 Å². The Hall–Kier alpha value is -3.11. The largest absolute Gasteiger partial charge is 0.480 e. The lowest BCUT2D eigenvalue weighted by Crippen LogP contribution is -2.49. The summed E-state index contributed by atoms with van der Waals surface area (Å²) < 4.78 is 9.81. The zero-order chi connectivity index (χ0) is 26.1. The van der Waals surface area contributed by atoms with Crippen LogP contribution in [0, 0.1) is 0 Å². The highest BCUT2D eigenvalue weighted by molar-refractivity contribution is 7.80. The molecule has 0 aromatic heterocycles. The van der Waals surface area contributed by atoms with Gasteiger partial charge in [0, 0.05) is 18.7 Å². The predicted octanol–water partition coefficient (Wildman–Crippen LogP) is -3.82. The predicted molar refractivity (Wildman–Crippen MR) is 123 cm³/mol. The fourth-order valence-electron chi connectivity index (χ4n) is 2.29. The van der Waals surface area contributed by atoms with Crippen molar-refractivity contribution in [2.75, 3.05) is 32.1 Å². The molecular formula is C18H33N7O8S. The van der Waals surface area contributed by atoms with E-state index in [1.54, 1.807) is 0 Å². The van der Waals surface area contributed by atoms with E-state index in [0.717, 1.165) is 0 Å². The zero-order valence-electron chi connectivity index (χ0n) is 18.6. The van der Waals surface area contributed by atoms with Gasteiger partial charge in [-0.05, 0) is 19.3 Å². The lowest BCUT2D eigenvalue weighted by atomic mass is 10.1. The Morgan fingerprint density at radius 3 is 2.03 bits per heavy atom. The van der Waals surface area contributed by atoms with Crippen LogP contribution in [0.5, 0.6) is 0 Å². The van der Waals surface area contributed by atoms with E-state index in [0.29, 0.717) is 19.4 Å². The molecule has 34 heavy (non-hydrogen) atoms. The van der Waals surface area contributed by atoms with Crippen LogP contribution in [0.25, 0.3) is 0 Å². The molecule has 0 heterocycles. The molecule has 2 amide bonds. The van der Waals surface area contributed by atoms with Gasteiger partial charge >= 0.3 is 17.9 Å². The summed E-state index contributed by atoms with van der Waals surface area (Å²) in [7, 11) is 0. The Morgan fingerprint density at radius 2 is 1.53 bits per heavy atom. The van der Waals surface area contributed by atoms with E-state index in [1.165, 1.54) is 0 Å². The molecule has 3 atom stereocenters. The first-order valence-electron chi connectivity index (χ1n) is 10.3. The van der Waals surface area contributed by atoms with Crippen molar-refractivity contribution in [2.45, 2.75) is 43.8 Å². The minimum atomic E-state index is -1.24. The van der Waals surface area contributed by atoms with Gasteiger partial charge in [-0.1, -0.05) is 0 Å². The summed E-state index contributed by atoms with van der Waals surface area (Å²) in [5.41, 5.74) is 21.7. The second kappa shape index (κ2) is 17.4. The van der Waals surface area contributed by atoms with Crippen molar-refractivity contribution in [1.82, 2.24) is 10.6 Å². The lowest BCUT2D eigenvalue weighted by Gasteiger charge is -2.16. The quantitative estimate of drug-likeness (QED) is 0.0309. The number of rotatable bonds is 17. The number of carboxylic acids is 1. The molecule has 16 heteroatoms. The van der Waals surface area contributed by atoms with E-state index in [-0.39, 0.29) is 37.8 Å². The van der Waals surface area contributed by atoms with Gasteiger partial charge in [0.25, 0.3) is 0 Å². The van der Waals surface area contributed by atoms with Crippen molar-refractivity contribution in [3.05, 3.63) is 0 Å². The number of nitrogens with one attached hydrogen (secondary N) is 2. The Morgan fingerprint density at radius 1 is 0.971 bits per heavy atom. The van der Waals surface area contributed by atoms with Gasteiger partial charge in [0.1, 0.15) is 37.9 Å². The van der Waals surface area contributed by atoms with E-state index in [2.05, 4.69) is 28.3 Å². The van der Waals surface area contributed by atoms with Gasteiger partial charge in [0.15, 0.2) is 5.96 Å². The number of ether oxygens (including phenoxy) is 2. The van der Waals surface area contributed by atoms with Gasteiger partial charge in [0.05, 0.1) is 0 Å². The number of amides is 2. The molecule has 0 bridgehead atoms. The third kappa shape index (κ3) is 14.9. The first kappa shape index (κ1) is 30.9. The molecule has 0 fully saturated rings. The van der Waals surface area contributed by atoms with Crippen LogP contribution in [0.4, 0.5) is 0 Å². The summed E-state index contributed by atoms with van der Waals surface area (Å²) in [4.78, 5) is 61.7. The summed E-state index contributed by atoms with van der Waals surface area (Å²) in [6.45, 7) is -0.758. The number of nitrogens with two attached hydrogens (primary N) is 4. The molecule has 0 unspecified atom stereocenters. The number of carboxylic acid groups (broad SMARTS) is 1. The van der Waals surface area contributed by atoms with Crippen LogP contribution >= 0.6 is 12.6 Å². The third-order valence-electron chi connectivity index (χ3n) is 4.08. The highest BCUT2D eigenvalue weighted by Crippen LogP contribution is 2.01. The van der Waals surface area contributed by atoms with Crippen LogP contribution < -0.4 is 33.6 Å². The van der Waals surface area contributed by atoms with Crippen molar-refractivity contribution in [3.8, 4) is 0 Å². The maximum atomic E-state index is 12.0. The lowest BCUT2D eigenvalue weighted by molar-refractivity contribution is -0.154. The molecular weight excluding hydrogens is 474 g/mol. The van der Waals surface area contributed by atoms with Crippen LogP contribution in [0.3, 0.4) is 0 Å². The number of thiol groups is 1. The van der Waals surface area contributed by atoms with E-state index in [9.17, 15) is 24.0 Å². The van der Waals surface area contributed by atoms with Crippen LogP contribution in [-0.4, -0.2) is 91.0 Å². The molecule has 0 aliphatic heterocycles. The fourth-order valence-corrected chi connectivity index (χ4v) is 2.54. The molecule has 0 radical (unpaired) electrons. The number of hydrogen-bond acceptors (Lipinski definition) is 11. The number of hydrogen-bond donors (Lipinski definition) is 8. The molecule has 0 aromatic rings. The number of carbonyl (C=O) groups excluding carboxylic acids is 4. The smallest absolute Gasteiger partial charge is 0.323 e. The Bertz CT molecular complexity index is 733. The first-order valence-corrected chi connectivity index (χ1v) is 10.9. The summed E-state index contributed by atoms with van der Waals surface area (Å²) in [5.74, 6) is -4.14. The number of aliphatic carboxylic acids is 1. The SMILES string of the molecule is NC(N)=NCCC[C@H](N)C(=O)OCCOC(=O)[C@@H](N)CCC(=O)N[C@@H](CS)C(=O)NCC(=O)O. The summed E-state index contributed by atoms with van der Waals surface area (Å²) >= 11 is 3.94. The number of esters is 2. The third-order valence-corrected chi connectivity index (χ3v) is 4.44. The molecule has 15 nitrogen and oxygen atoms in total. The number of nitrogens with zero attached hydrogens (tertiary/aromatic N) is 1. The first-order chi connectivity index (χ1) is 16.0. The van der Waals surface area contributed by atoms with E-state index in [1.807, 2.05) is 0 Å². The molecule has 0 aliphatic rings. The van der Waals surface area contributed by atoms with Crippen LogP contribution in [0.2, 0.25) is 0 Å². The Balaban J connectivity index is 4.14. The summed E-state index contributed by atoms with van der Waals surface area (Å²) in [5, 5.41) is 13.0. The molecule has 0 rings (SSSR count). The minimum Gasteiger partial charge on any atom is -0.480 e. The van der Waals surface area contributed by atoms with Crippen molar-refractivity contribution in [1.29, 1.82) is 0 Å². The fraction of sp³-hybridized carbons (Fsp3) is 0.667. The second-order valence-electron chi connectivity index (χ2n) is 6.95. The van der Waals surface area contributed by atoms with Crippen molar-refractivity contribution in [2.24, 2.45) is 27.9 Å². The Labute approximate surface area is 201 Å². The van der Waals surface area contributed by atoms with Gasteiger partial charge in [-0.25, -0.2) is 0 Å². The molecule has 0 saturated heterocycles. The number of aliphatic imine (C=N–C) groups is 1. The van der Waals surface area contributed by atoms with Crippen molar-refractivity contribution >= 4 is 48.3 Å². The van der Waals surface area contributed by atoms with Crippen molar-refractivity contribution in [3.63, 3.8) is 0 Å². The average molecular weight is 508 g/mol. The van der Waals surface area contributed by atoms with Gasteiger partial charge in [-0.15, -0.1) is 0 Å². The standard InChI is InChI=1S/C18H33N7O8S/c19-10(2-1-5-23-18(21)22)16(30)32-6-7-33-17(31)11(20)3-4-13(26)25-12(9-34)15(29)24-8-14(27)28/h10-12,34H,1-9,19-20H2,(H,24,29)(H,25,26)(H,27,28)(H4,21,22,23)/t10-,11-,12-/m0/s1. The maximum absolute atomic E-state index is 12.0. The summed E-state index contributed by atoms with van der Waals surface area (Å²) in [6, 6.07) is -3.06. The van der Waals surface area contributed by atoms with Crippen molar-refractivity contribution < 1.29 is 38.6 Å². The van der Waals surface area contributed by atoms with E-state index < -0.39 is 54.4 Å². The highest BCUT2D eigenvalue weighted by atomic mass is 32.1. The van der Waals surface area contributed by atoms with Crippen LogP contribution in [0.1, 0.15) is 25.7 Å². The average Bonchev–Trinajstić information content (AvgIpc) is 2.78. The van der Waals surface area contributed by atoms with Gasteiger partial charge < -0.3 is 48.1 Å². The number of carbonyl (C=O) groups is 5. The van der Waals surface area contributed by atoms with E-state index in [4.69, 9.17) is 37.5 Å². The highest BCUT2D eigenvalue weighted by Gasteiger charge is 2.22. The molecule has 0 aliphatic carbocycles. The van der Waals surface area contributed by atoms with Gasteiger partial charge in [-0.3, -0.25) is 29.0 Å². The molecule has 0 aromatic carbocycles. The summed E-state index contributed by atoms with van der Waals surface area (Å²) in [6.07, 6.45) is 0.503. The normalized spacial score (nSPS) is 13.0. The molecule has 0 spiro atoms. The maximum Gasteiger partial charge on any atom is 0.323 e. The molecule has 0 saturated carbocycles. The topological polar surface area (TPSA) is 265 Å². The zero-order valence-corrected chi connectivity index (χ0v) is 19.5.